The average Bonchev–Trinajstić information content (AvgIpc) is 2.81. The van der Waals surface area contributed by atoms with E-state index in [2.05, 4.69) is 29.4 Å². The fourth-order valence-electron chi connectivity index (χ4n) is 4.79. The van der Waals surface area contributed by atoms with E-state index in [0.717, 1.165) is 23.5 Å². The molecule has 0 aromatic heterocycles. The van der Waals surface area contributed by atoms with E-state index in [1.807, 2.05) is 6.07 Å². The average molecular weight is 305 g/mol. The predicted molar refractivity (Wildman–Crippen MR) is 88.0 cm³/mol. The Bertz CT molecular complexity index is 516. The zero-order valence-electron chi connectivity index (χ0n) is 12.8. The van der Waals surface area contributed by atoms with E-state index in [1.165, 1.54) is 49.7 Å². The minimum Gasteiger partial charge on any atom is -0.310 e. The molecule has 4 rings (SSSR count). The van der Waals surface area contributed by atoms with Gasteiger partial charge in [0, 0.05) is 29.2 Å². The molecule has 2 nitrogen and oxygen atoms in total. The van der Waals surface area contributed by atoms with E-state index < -0.39 is 0 Å². The van der Waals surface area contributed by atoms with Crippen LogP contribution < -0.4 is 5.32 Å². The largest absolute Gasteiger partial charge is 0.310 e. The monoisotopic (exact) mass is 304 g/mol. The molecule has 1 N–H and O–H groups in total. The van der Waals surface area contributed by atoms with Gasteiger partial charge in [0.2, 0.25) is 0 Å². The van der Waals surface area contributed by atoms with Crippen LogP contribution in [0.4, 0.5) is 0 Å². The lowest BCUT2D eigenvalue weighted by Gasteiger charge is -2.47. The van der Waals surface area contributed by atoms with Crippen molar-refractivity contribution in [1.29, 1.82) is 0 Å². The summed E-state index contributed by atoms with van der Waals surface area (Å²) in [5.74, 6) is 0. The molecule has 1 aromatic rings. The van der Waals surface area contributed by atoms with Crippen molar-refractivity contribution >= 4 is 11.6 Å². The second kappa shape index (κ2) is 5.57. The predicted octanol–water partition coefficient (Wildman–Crippen LogP) is 3.41. The first-order valence-corrected chi connectivity index (χ1v) is 8.82. The second-order valence-corrected chi connectivity index (χ2v) is 7.69. The highest BCUT2D eigenvalue weighted by atomic mass is 35.5. The van der Waals surface area contributed by atoms with Crippen LogP contribution >= 0.6 is 11.6 Å². The van der Waals surface area contributed by atoms with Crippen molar-refractivity contribution in [3.8, 4) is 0 Å². The smallest absolute Gasteiger partial charge is 0.0408 e. The summed E-state index contributed by atoms with van der Waals surface area (Å²) in [4.78, 5) is 2.64. The summed E-state index contributed by atoms with van der Waals surface area (Å²) in [6, 6.07) is 9.35. The van der Waals surface area contributed by atoms with E-state index in [0.29, 0.717) is 12.1 Å². The molecule has 2 aliphatic heterocycles. The minimum absolute atomic E-state index is 0.618. The summed E-state index contributed by atoms with van der Waals surface area (Å²) >= 11 is 6.12. The first kappa shape index (κ1) is 14.0. The summed E-state index contributed by atoms with van der Waals surface area (Å²) in [5.41, 5.74) is 2.94. The first-order chi connectivity index (χ1) is 10.2. The van der Waals surface area contributed by atoms with Crippen LogP contribution in [0.1, 0.15) is 43.2 Å². The quantitative estimate of drug-likeness (QED) is 0.901. The number of halogens is 1. The number of nitrogens with one attached hydrogen (secondary N) is 1. The number of rotatable bonds is 2. The second-order valence-electron chi connectivity index (χ2n) is 7.26. The van der Waals surface area contributed by atoms with E-state index in [1.54, 1.807) is 0 Å². The van der Waals surface area contributed by atoms with Gasteiger partial charge in [-0.15, -0.1) is 0 Å². The number of hydrogen-bond acceptors (Lipinski definition) is 2. The maximum atomic E-state index is 6.12. The highest BCUT2D eigenvalue weighted by Crippen LogP contribution is 2.33. The third-order valence-electron chi connectivity index (χ3n) is 5.91. The number of benzene rings is 1. The van der Waals surface area contributed by atoms with Gasteiger partial charge in [-0.2, -0.15) is 0 Å². The lowest BCUT2D eigenvalue weighted by Crippen LogP contribution is -2.56. The van der Waals surface area contributed by atoms with Crippen LogP contribution in [-0.4, -0.2) is 36.1 Å². The Morgan fingerprint density at radius 3 is 2.52 bits per heavy atom. The molecule has 0 saturated carbocycles. The summed E-state index contributed by atoms with van der Waals surface area (Å²) < 4.78 is 0. The molecule has 2 bridgehead atoms. The molecule has 3 unspecified atom stereocenters. The van der Waals surface area contributed by atoms with Crippen molar-refractivity contribution in [2.24, 2.45) is 0 Å². The zero-order valence-corrected chi connectivity index (χ0v) is 13.6. The van der Waals surface area contributed by atoms with Gasteiger partial charge >= 0.3 is 0 Å². The SMILES string of the molecule is CN1C2CCCC1CC(NC1Cc3ccc(Cl)cc3C1)C2. The van der Waals surface area contributed by atoms with E-state index in [-0.39, 0.29) is 0 Å². The van der Waals surface area contributed by atoms with Crippen LogP contribution in [-0.2, 0) is 12.8 Å². The van der Waals surface area contributed by atoms with Gasteiger partial charge in [0.1, 0.15) is 0 Å². The van der Waals surface area contributed by atoms with Crippen LogP contribution in [0, 0.1) is 0 Å². The van der Waals surface area contributed by atoms with Crippen LogP contribution in [0.2, 0.25) is 5.02 Å². The summed E-state index contributed by atoms with van der Waals surface area (Å²) in [6.45, 7) is 0. The number of hydrogen-bond donors (Lipinski definition) is 1. The Kier molecular flexibility index (Phi) is 3.72. The molecule has 1 aromatic carbocycles. The fourth-order valence-corrected chi connectivity index (χ4v) is 4.98. The molecule has 0 radical (unpaired) electrons. The van der Waals surface area contributed by atoms with E-state index >= 15 is 0 Å². The molecule has 1 aliphatic carbocycles. The Morgan fingerprint density at radius 1 is 1.05 bits per heavy atom. The Balaban J connectivity index is 1.40. The fraction of sp³-hybridized carbons (Fsp3) is 0.667. The van der Waals surface area contributed by atoms with Crippen molar-refractivity contribution in [2.75, 3.05) is 7.05 Å². The highest BCUT2D eigenvalue weighted by molar-refractivity contribution is 6.30. The molecule has 2 fully saturated rings. The van der Waals surface area contributed by atoms with Gasteiger partial charge in [-0.3, -0.25) is 0 Å². The molecule has 0 amide bonds. The van der Waals surface area contributed by atoms with Gasteiger partial charge in [-0.1, -0.05) is 24.1 Å². The van der Waals surface area contributed by atoms with Crippen LogP contribution in [0.3, 0.4) is 0 Å². The van der Waals surface area contributed by atoms with Gasteiger partial charge in [0.15, 0.2) is 0 Å². The maximum absolute atomic E-state index is 6.12. The number of nitrogens with zero attached hydrogens (tertiary/aromatic N) is 1. The molecular formula is C18H25ClN2. The third kappa shape index (κ3) is 2.74. The Hall–Kier alpha value is -0.570. The molecule has 2 heterocycles. The Morgan fingerprint density at radius 2 is 1.76 bits per heavy atom. The maximum Gasteiger partial charge on any atom is 0.0408 e. The summed E-state index contributed by atoms with van der Waals surface area (Å²) in [7, 11) is 2.33. The van der Waals surface area contributed by atoms with Crippen molar-refractivity contribution in [1.82, 2.24) is 10.2 Å². The van der Waals surface area contributed by atoms with Gasteiger partial charge in [0.05, 0.1) is 0 Å². The van der Waals surface area contributed by atoms with Crippen LogP contribution in [0.25, 0.3) is 0 Å². The minimum atomic E-state index is 0.618. The zero-order chi connectivity index (χ0) is 14.4. The van der Waals surface area contributed by atoms with Crippen molar-refractivity contribution in [2.45, 2.75) is 69.1 Å². The van der Waals surface area contributed by atoms with Crippen molar-refractivity contribution in [3.63, 3.8) is 0 Å². The number of fused-ring (bicyclic) bond motifs is 3. The molecule has 21 heavy (non-hydrogen) atoms. The van der Waals surface area contributed by atoms with Crippen molar-refractivity contribution < 1.29 is 0 Å². The molecule has 114 valence electrons. The molecule has 3 atom stereocenters. The van der Waals surface area contributed by atoms with E-state index in [4.69, 9.17) is 11.6 Å². The molecular weight excluding hydrogens is 280 g/mol. The standard InChI is InChI=1S/C18H25ClN2/c1-21-17-3-2-4-18(21)11-16(10-17)20-15-8-12-5-6-14(19)7-13(12)9-15/h5-7,15-18,20H,2-4,8-11H2,1H3. The highest BCUT2D eigenvalue weighted by Gasteiger charge is 2.37. The van der Waals surface area contributed by atoms with E-state index in [9.17, 15) is 0 Å². The number of piperidine rings is 2. The van der Waals surface area contributed by atoms with Gasteiger partial charge in [-0.25, -0.2) is 0 Å². The lowest BCUT2D eigenvalue weighted by atomic mass is 9.82. The third-order valence-corrected chi connectivity index (χ3v) is 6.15. The normalized spacial score (nSPS) is 35.7. The van der Waals surface area contributed by atoms with Gasteiger partial charge in [-0.05, 0) is 68.8 Å². The molecule has 0 spiro atoms. The topological polar surface area (TPSA) is 15.3 Å². The van der Waals surface area contributed by atoms with Crippen molar-refractivity contribution in [3.05, 3.63) is 34.3 Å². The van der Waals surface area contributed by atoms with Gasteiger partial charge < -0.3 is 10.2 Å². The Labute approximate surface area is 132 Å². The van der Waals surface area contributed by atoms with Crippen LogP contribution in [0.5, 0.6) is 0 Å². The van der Waals surface area contributed by atoms with Crippen LogP contribution in [0.15, 0.2) is 18.2 Å². The summed E-state index contributed by atoms with van der Waals surface area (Å²) in [5, 5.41) is 4.84. The molecule has 3 aliphatic rings. The summed E-state index contributed by atoms with van der Waals surface area (Å²) in [6.07, 6.45) is 9.21. The molecule has 3 heteroatoms. The molecule has 2 saturated heterocycles. The van der Waals surface area contributed by atoms with Gasteiger partial charge in [0.25, 0.3) is 0 Å². The first-order valence-electron chi connectivity index (χ1n) is 8.44. The lowest BCUT2D eigenvalue weighted by molar-refractivity contribution is 0.0461.